The summed E-state index contributed by atoms with van der Waals surface area (Å²) in [5.41, 5.74) is 1.39. The molecule has 1 aromatic heterocycles. The summed E-state index contributed by atoms with van der Waals surface area (Å²) in [7, 11) is 2.01. The highest BCUT2D eigenvalue weighted by Gasteiger charge is 2.11. The zero-order valence-electron chi connectivity index (χ0n) is 10.0. The van der Waals surface area contributed by atoms with E-state index < -0.39 is 0 Å². The van der Waals surface area contributed by atoms with Crippen molar-refractivity contribution in [3.8, 4) is 0 Å². The normalized spacial score (nSPS) is 13.3. The monoisotopic (exact) mass is 241 g/mol. The third-order valence-electron chi connectivity index (χ3n) is 3.33. The van der Waals surface area contributed by atoms with Crippen molar-refractivity contribution < 1.29 is 0 Å². The van der Waals surface area contributed by atoms with E-state index in [0.717, 1.165) is 0 Å². The van der Waals surface area contributed by atoms with Crippen molar-refractivity contribution in [2.24, 2.45) is 0 Å². The minimum atomic E-state index is 0.386. The first-order valence-corrected chi connectivity index (χ1v) is 6.70. The van der Waals surface area contributed by atoms with Gasteiger partial charge < -0.3 is 5.32 Å². The molecule has 1 unspecified atom stereocenters. The molecule has 0 saturated heterocycles. The van der Waals surface area contributed by atoms with Crippen LogP contribution in [0, 0.1) is 0 Å². The zero-order chi connectivity index (χ0) is 11.8. The van der Waals surface area contributed by atoms with E-state index in [1.54, 1.807) is 0 Å². The minimum absolute atomic E-state index is 0.386. The molecule has 1 heterocycles. The van der Waals surface area contributed by atoms with Crippen LogP contribution in [0.2, 0.25) is 0 Å². The Kier molecular flexibility index (Phi) is 2.61. The smallest absolute Gasteiger partial charge is 0.0358 e. The van der Waals surface area contributed by atoms with Crippen molar-refractivity contribution in [2.75, 3.05) is 7.05 Å². The van der Waals surface area contributed by atoms with Gasteiger partial charge in [0.25, 0.3) is 0 Å². The fourth-order valence-electron chi connectivity index (χ4n) is 2.32. The first-order chi connectivity index (χ1) is 8.31. The fourth-order valence-corrected chi connectivity index (χ4v) is 3.46. The van der Waals surface area contributed by atoms with Crippen LogP contribution in [0.15, 0.2) is 42.5 Å². The van der Waals surface area contributed by atoms with Crippen LogP contribution < -0.4 is 5.32 Å². The maximum absolute atomic E-state index is 3.33. The van der Waals surface area contributed by atoms with Gasteiger partial charge in [-0.2, -0.15) is 0 Å². The van der Waals surface area contributed by atoms with E-state index in [0.29, 0.717) is 6.04 Å². The van der Waals surface area contributed by atoms with Crippen molar-refractivity contribution in [3.05, 3.63) is 48.0 Å². The highest BCUT2D eigenvalue weighted by Crippen LogP contribution is 2.37. The third kappa shape index (κ3) is 1.65. The third-order valence-corrected chi connectivity index (χ3v) is 4.47. The Morgan fingerprint density at radius 2 is 1.76 bits per heavy atom. The van der Waals surface area contributed by atoms with Crippen LogP contribution in [0.25, 0.3) is 20.2 Å². The van der Waals surface area contributed by atoms with Crippen molar-refractivity contribution >= 4 is 31.5 Å². The highest BCUT2D eigenvalue weighted by molar-refractivity contribution is 7.25. The fraction of sp³-hybridized carbons (Fsp3) is 0.200. The molecule has 86 valence electrons. The molecule has 0 bridgehead atoms. The van der Waals surface area contributed by atoms with Crippen LogP contribution in [-0.4, -0.2) is 7.05 Å². The van der Waals surface area contributed by atoms with E-state index in [1.165, 1.54) is 25.7 Å². The summed E-state index contributed by atoms with van der Waals surface area (Å²) in [6.07, 6.45) is 0. The van der Waals surface area contributed by atoms with Gasteiger partial charge >= 0.3 is 0 Å². The molecule has 0 aliphatic carbocycles. The Labute approximate surface area is 105 Å². The molecule has 1 atom stereocenters. The number of rotatable bonds is 2. The summed E-state index contributed by atoms with van der Waals surface area (Å²) in [6.45, 7) is 2.21. The molecular weight excluding hydrogens is 226 g/mol. The maximum Gasteiger partial charge on any atom is 0.0358 e. The van der Waals surface area contributed by atoms with Gasteiger partial charge in [-0.15, -0.1) is 11.3 Å². The Morgan fingerprint density at radius 1 is 1.00 bits per heavy atom. The molecule has 0 spiro atoms. The number of hydrogen-bond acceptors (Lipinski definition) is 2. The van der Waals surface area contributed by atoms with Gasteiger partial charge in [0, 0.05) is 26.2 Å². The predicted octanol–water partition coefficient (Wildman–Crippen LogP) is 4.33. The van der Waals surface area contributed by atoms with E-state index in [9.17, 15) is 0 Å². The number of fused-ring (bicyclic) bond motifs is 3. The summed E-state index contributed by atoms with van der Waals surface area (Å²) >= 11 is 1.88. The molecule has 0 amide bonds. The topological polar surface area (TPSA) is 12.0 Å². The van der Waals surface area contributed by atoms with Crippen molar-refractivity contribution in [3.63, 3.8) is 0 Å². The van der Waals surface area contributed by atoms with E-state index in [1.807, 2.05) is 18.4 Å². The quantitative estimate of drug-likeness (QED) is 0.704. The van der Waals surface area contributed by atoms with Gasteiger partial charge in [0.15, 0.2) is 0 Å². The lowest BCUT2D eigenvalue weighted by Crippen LogP contribution is -2.12. The summed E-state index contributed by atoms with van der Waals surface area (Å²) in [5, 5.41) is 6.12. The lowest BCUT2D eigenvalue weighted by Gasteiger charge is -2.12. The van der Waals surface area contributed by atoms with Crippen LogP contribution in [0.5, 0.6) is 0 Å². The lowest BCUT2D eigenvalue weighted by atomic mass is 10.0. The molecule has 2 aromatic carbocycles. The summed E-state index contributed by atoms with van der Waals surface area (Å²) in [6, 6.07) is 15.6. The van der Waals surface area contributed by atoms with Crippen LogP contribution in [0.1, 0.15) is 18.5 Å². The molecule has 0 fully saturated rings. The molecule has 0 saturated carbocycles. The van der Waals surface area contributed by atoms with Gasteiger partial charge in [0.05, 0.1) is 0 Å². The number of hydrogen-bond donors (Lipinski definition) is 1. The van der Waals surface area contributed by atoms with Gasteiger partial charge in [-0.1, -0.05) is 30.3 Å². The first-order valence-electron chi connectivity index (χ1n) is 5.88. The number of thiophene rings is 1. The summed E-state index contributed by atoms with van der Waals surface area (Å²) in [4.78, 5) is 0. The average molecular weight is 241 g/mol. The minimum Gasteiger partial charge on any atom is -0.313 e. The molecule has 0 aliphatic heterocycles. The molecule has 1 N–H and O–H groups in total. The summed E-state index contributed by atoms with van der Waals surface area (Å²) in [5.74, 6) is 0. The van der Waals surface area contributed by atoms with Gasteiger partial charge in [0.2, 0.25) is 0 Å². The van der Waals surface area contributed by atoms with E-state index >= 15 is 0 Å². The van der Waals surface area contributed by atoms with Crippen LogP contribution in [0.3, 0.4) is 0 Å². The Bertz CT molecular complexity index is 669. The lowest BCUT2D eigenvalue weighted by molar-refractivity contribution is 0.657. The van der Waals surface area contributed by atoms with Crippen molar-refractivity contribution in [1.82, 2.24) is 5.32 Å². The van der Waals surface area contributed by atoms with Crippen molar-refractivity contribution in [1.29, 1.82) is 0 Å². The largest absolute Gasteiger partial charge is 0.313 e. The predicted molar refractivity (Wildman–Crippen MR) is 76.8 cm³/mol. The summed E-state index contributed by atoms with van der Waals surface area (Å²) < 4.78 is 2.75. The zero-order valence-corrected chi connectivity index (χ0v) is 10.8. The molecular formula is C15H15NS. The standard InChI is InChI=1S/C15H15NS/c1-10(16-2)11-7-5-9-14-15(11)12-6-3-4-8-13(12)17-14/h3-10,16H,1-2H3. The second-order valence-electron chi connectivity index (χ2n) is 4.33. The Hall–Kier alpha value is -1.38. The van der Waals surface area contributed by atoms with E-state index in [-0.39, 0.29) is 0 Å². The van der Waals surface area contributed by atoms with Crippen molar-refractivity contribution in [2.45, 2.75) is 13.0 Å². The molecule has 0 aliphatic rings. The highest BCUT2D eigenvalue weighted by atomic mass is 32.1. The molecule has 2 heteroatoms. The Balaban J connectivity index is 2.43. The van der Waals surface area contributed by atoms with Crippen LogP contribution >= 0.6 is 11.3 Å². The Morgan fingerprint density at radius 3 is 2.59 bits per heavy atom. The maximum atomic E-state index is 3.33. The number of nitrogens with one attached hydrogen (secondary N) is 1. The van der Waals surface area contributed by atoms with Gasteiger partial charge in [0.1, 0.15) is 0 Å². The molecule has 17 heavy (non-hydrogen) atoms. The molecule has 1 nitrogen and oxygen atoms in total. The van der Waals surface area contributed by atoms with Gasteiger partial charge in [-0.3, -0.25) is 0 Å². The average Bonchev–Trinajstić information content (AvgIpc) is 2.76. The van der Waals surface area contributed by atoms with E-state index in [2.05, 4.69) is 54.7 Å². The van der Waals surface area contributed by atoms with Gasteiger partial charge in [-0.25, -0.2) is 0 Å². The van der Waals surface area contributed by atoms with Gasteiger partial charge in [-0.05, 0) is 31.7 Å². The second kappa shape index (κ2) is 4.13. The van der Waals surface area contributed by atoms with E-state index in [4.69, 9.17) is 0 Å². The molecule has 0 radical (unpaired) electrons. The second-order valence-corrected chi connectivity index (χ2v) is 5.41. The van der Waals surface area contributed by atoms with Crippen LogP contribution in [0.4, 0.5) is 0 Å². The number of benzene rings is 2. The van der Waals surface area contributed by atoms with Crippen LogP contribution in [-0.2, 0) is 0 Å². The first kappa shape index (κ1) is 10.8. The SMILES string of the molecule is CNC(C)c1cccc2sc3ccccc3c12. The molecule has 3 rings (SSSR count). The molecule has 3 aromatic rings.